The van der Waals surface area contributed by atoms with Crippen molar-refractivity contribution in [3.05, 3.63) is 214 Å². The number of benzene rings is 8. The predicted octanol–water partition coefficient (Wildman–Crippen LogP) is 15.2. The van der Waals surface area contributed by atoms with Gasteiger partial charge in [-0.1, -0.05) is 178 Å². The van der Waals surface area contributed by atoms with Crippen LogP contribution in [0.5, 0.6) is 0 Å². The third-order valence-corrected chi connectivity index (χ3v) is 14.0. The molecule has 1 aromatic heterocycles. The van der Waals surface area contributed by atoms with Gasteiger partial charge in [-0.3, -0.25) is 0 Å². The van der Waals surface area contributed by atoms with E-state index < -0.39 is 0 Å². The van der Waals surface area contributed by atoms with Gasteiger partial charge in [0.25, 0.3) is 0 Å². The first kappa shape index (κ1) is 35.0. The van der Waals surface area contributed by atoms with Crippen molar-refractivity contribution in [3.63, 3.8) is 0 Å². The third kappa shape index (κ3) is 5.51. The fraction of sp³-hybridized carbons (Fsp3) is 0.193. The monoisotopic (exact) mass is 748 g/mol. The third-order valence-electron chi connectivity index (χ3n) is 14.0. The fourth-order valence-corrected chi connectivity index (χ4v) is 10.8. The van der Waals surface area contributed by atoms with E-state index in [1.165, 1.54) is 93.9 Å². The molecule has 1 nitrogen and oxygen atoms in total. The largest absolute Gasteiger partial charge is 0.456 e. The molecule has 0 saturated heterocycles. The molecule has 0 bridgehead atoms. The maximum absolute atomic E-state index is 6.44. The van der Waals surface area contributed by atoms with Gasteiger partial charge < -0.3 is 4.42 Å². The fourth-order valence-electron chi connectivity index (χ4n) is 10.8. The number of hydrogen-bond acceptors (Lipinski definition) is 1. The molecule has 1 heterocycles. The van der Waals surface area contributed by atoms with E-state index >= 15 is 0 Å². The zero-order valence-corrected chi connectivity index (χ0v) is 33.9. The molecular formula is C57H48O. The number of hydrogen-bond donors (Lipinski definition) is 0. The van der Waals surface area contributed by atoms with E-state index in [2.05, 4.69) is 191 Å². The second kappa shape index (κ2) is 13.5. The van der Waals surface area contributed by atoms with Crippen LogP contribution in [0.3, 0.4) is 0 Å². The Morgan fingerprint density at radius 1 is 0.552 bits per heavy atom. The lowest BCUT2D eigenvalue weighted by molar-refractivity contribution is 0.568. The number of fused-ring (bicyclic) bond motifs is 11. The van der Waals surface area contributed by atoms with Crippen LogP contribution in [0.15, 0.2) is 168 Å². The Bertz CT molecular complexity index is 3000. The van der Waals surface area contributed by atoms with Crippen LogP contribution in [0.25, 0.3) is 55.0 Å². The molecule has 2 aliphatic carbocycles. The maximum atomic E-state index is 6.44. The Morgan fingerprint density at radius 3 is 1.95 bits per heavy atom. The Labute approximate surface area is 342 Å². The van der Waals surface area contributed by atoms with Gasteiger partial charge in [0.15, 0.2) is 0 Å². The first-order valence-electron chi connectivity index (χ1n) is 21.2. The van der Waals surface area contributed by atoms with Gasteiger partial charge in [-0.25, -0.2) is 0 Å². The highest BCUT2D eigenvalue weighted by atomic mass is 16.3. The molecule has 0 fully saturated rings. The summed E-state index contributed by atoms with van der Waals surface area (Å²) in [6.07, 6.45) is 3.08. The molecule has 8 aromatic carbocycles. The van der Waals surface area contributed by atoms with Crippen molar-refractivity contribution in [3.8, 4) is 22.3 Å². The molecule has 0 saturated carbocycles. The Balaban J connectivity index is 0.968. The highest BCUT2D eigenvalue weighted by Crippen LogP contribution is 2.54. The molecule has 0 aliphatic heterocycles. The smallest absolute Gasteiger partial charge is 0.135 e. The second-order valence-corrected chi connectivity index (χ2v) is 17.6. The average Bonchev–Trinajstić information content (AvgIpc) is 3.87. The van der Waals surface area contributed by atoms with E-state index in [0.717, 1.165) is 30.4 Å². The summed E-state index contributed by atoms with van der Waals surface area (Å²) < 4.78 is 6.44. The van der Waals surface area contributed by atoms with Crippen molar-refractivity contribution in [2.75, 3.05) is 0 Å². The standard InChI is InChI=1S/C57H48O/c1-35-21-23-37(24-22-35)31-51(40-27-29-48-47-18-11-12-20-54(47)58-55(48)34-40)36(2)38-25-30-50-52(32-38)57(3,4)53-33-39(41-13-5-10-19-49(41)56(50)53)26-28-46-44-16-8-6-14-42(44)43-15-7-9-17-45(43)46/h5-25,27,29-30,32-34,36,46,51H,26,28,31H2,1-4H3. The summed E-state index contributed by atoms with van der Waals surface area (Å²) in [6, 6.07) is 61.7. The van der Waals surface area contributed by atoms with Gasteiger partial charge in [0.2, 0.25) is 0 Å². The minimum Gasteiger partial charge on any atom is -0.456 e. The number of furan rings is 1. The van der Waals surface area contributed by atoms with E-state index in [4.69, 9.17) is 4.42 Å². The summed E-state index contributed by atoms with van der Waals surface area (Å²) in [5.41, 5.74) is 20.1. The zero-order chi connectivity index (χ0) is 39.1. The van der Waals surface area contributed by atoms with Crippen LogP contribution in [0.4, 0.5) is 0 Å². The minimum absolute atomic E-state index is 0.134. The summed E-state index contributed by atoms with van der Waals surface area (Å²) in [7, 11) is 0. The normalized spacial score (nSPS) is 15.0. The molecule has 58 heavy (non-hydrogen) atoms. The summed E-state index contributed by atoms with van der Waals surface area (Å²) in [6.45, 7) is 9.51. The van der Waals surface area contributed by atoms with Gasteiger partial charge in [0.1, 0.15) is 11.2 Å². The SMILES string of the molecule is Cc1ccc(CC(c2ccc3c(c2)oc2ccccc23)C(C)c2ccc3c(c2)C(C)(C)c2cc(CCC4c5ccccc5-c5ccccc54)c4ccccc4c2-3)cc1. The van der Waals surface area contributed by atoms with E-state index in [9.17, 15) is 0 Å². The quantitative estimate of drug-likeness (QED) is 0.151. The molecule has 0 amide bonds. The van der Waals surface area contributed by atoms with Crippen LogP contribution in [0.2, 0.25) is 0 Å². The summed E-state index contributed by atoms with van der Waals surface area (Å²) in [4.78, 5) is 0. The van der Waals surface area contributed by atoms with Crippen molar-refractivity contribution in [1.29, 1.82) is 0 Å². The van der Waals surface area contributed by atoms with Crippen molar-refractivity contribution in [1.82, 2.24) is 0 Å². The van der Waals surface area contributed by atoms with Crippen LogP contribution in [0.1, 0.15) is 95.0 Å². The number of para-hydroxylation sites is 1. The molecule has 2 unspecified atom stereocenters. The van der Waals surface area contributed by atoms with Crippen LogP contribution < -0.4 is 0 Å². The average molecular weight is 749 g/mol. The Kier molecular flexibility index (Phi) is 8.12. The van der Waals surface area contributed by atoms with Gasteiger partial charge >= 0.3 is 0 Å². The van der Waals surface area contributed by atoms with Crippen LogP contribution >= 0.6 is 0 Å². The Hall–Kier alpha value is -6.18. The van der Waals surface area contributed by atoms with Crippen molar-refractivity contribution in [2.45, 2.75) is 70.1 Å². The summed E-state index contributed by atoms with van der Waals surface area (Å²) in [5, 5.41) is 5.13. The van der Waals surface area contributed by atoms with Crippen LogP contribution in [-0.4, -0.2) is 0 Å². The highest BCUT2D eigenvalue weighted by Gasteiger charge is 2.38. The highest BCUT2D eigenvalue weighted by molar-refractivity contribution is 6.05. The zero-order valence-electron chi connectivity index (χ0n) is 33.9. The van der Waals surface area contributed by atoms with E-state index in [0.29, 0.717) is 5.92 Å². The predicted molar refractivity (Wildman–Crippen MR) is 243 cm³/mol. The summed E-state index contributed by atoms with van der Waals surface area (Å²) >= 11 is 0. The Morgan fingerprint density at radius 2 is 1.19 bits per heavy atom. The van der Waals surface area contributed by atoms with E-state index in [1.54, 1.807) is 0 Å². The van der Waals surface area contributed by atoms with Gasteiger partial charge in [0, 0.05) is 22.1 Å². The lowest BCUT2D eigenvalue weighted by atomic mass is 9.76. The van der Waals surface area contributed by atoms with Gasteiger partial charge in [-0.15, -0.1) is 0 Å². The summed E-state index contributed by atoms with van der Waals surface area (Å²) in [5.74, 6) is 0.954. The lowest BCUT2D eigenvalue weighted by Crippen LogP contribution is -2.17. The number of rotatable bonds is 8. The maximum Gasteiger partial charge on any atom is 0.135 e. The molecule has 282 valence electrons. The molecule has 0 radical (unpaired) electrons. The van der Waals surface area contributed by atoms with Crippen LogP contribution in [0, 0.1) is 6.92 Å². The molecule has 1 heteroatoms. The molecule has 0 spiro atoms. The van der Waals surface area contributed by atoms with E-state index in [1.807, 2.05) is 0 Å². The molecule has 2 aliphatic rings. The minimum atomic E-state index is -0.134. The lowest BCUT2D eigenvalue weighted by Gasteiger charge is -2.28. The molecular weight excluding hydrogens is 701 g/mol. The molecule has 0 N–H and O–H groups in total. The topological polar surface area (TPSA) is 13.1 Å². The molecule has 11 rings (SSSR count). The second-order valence-electron chi connectivity index (χ2n) is 17.6. The van der Waals surface area contributed by atoms with Gasteiger partial charge in [-0.2, -0.15) is 0 Å². The van der Waals surface area contributed by atoms with Gasteiger partial charge in [0.05, 0.1) is 0 Å². The molecule has 2 atom stereocenters. The van der Waals surface area contributed by atoms with Gasteiger partial charge in [-0.05, 0) is 128 Å². The number of aryl methyl sites for hydroxylation is 2. The van der Waals surface area contributed by atoms with Crippen LogP contribution in [-0.2, 0) is 18.3 Å². The van der Waals surface area contributed by atoms with Crippen molar-refractivity contribution in [2.24, 2.45) is 0 Å². The first-order valence-corrected chi connectivity index (χ1v) is 21.2. The molecule has 9 aromatic rings. The van der Waals surface area contributed by atoms with Crippen molar-refractivity contribution >= 4 is 32.7 Å². The van der Waals surface area contributed by atoms with Crippen molar-refractivity contribution < 1.29 is 4.42 Å². The van der Waals surface area contributed by atoms with E-state index in [-0.39, 0.29) is 17.3 Å². The first-order chi connectivity index (χ1) is 28.3.